The first-order valence-corrected chi connectivity index (χ1v) is 9.25. The Balaban J connectivity index is 1.63. The van der Waals surface area contributed by atoms with Crippen molar-refractivity contribution in [2.45, 2.75) is 31.7 Å². The summed E-state index contributed by atoms with van der Waals surface area (Å²) in [6, 6.07) is 30.5. The zero-order valence-electron chi connectivity index (χ0n) is 15.0. The highest BCUT2D eigenvalue weighted by molar-refractivity contribution is 5.94. The van der Waals surface area contributed by atoms with Crippen LogP contribution >= 0.6 is 0 Å². The molecule has 0 spiro atoms. The van der Waals surface area contributed by atoms with E-state index in [0.717, 1.165) is 31.2 Å². The Kier molecular flexibility index (Phi) is 6.60. The third-order valence-electron chi connectivity index (χ3n) is 4.62. The third kappa shape index (κ3) is 5.59. The summed E-state index contributed by atoms with van der Waals surface area (Å²) in [6.07, 6.45) is 3.82. The molecule has 0 aromatic heterocycles. The summed E-state index contributed by atoms with van der Waals surface area (Å²) in [7, 11) is 0. The number of hydrogen-bond donors (Lipinski definition) is 1. The highest BCUT2D eigenvalue weighted by atomic mass is 16.1. The smallest absolute Gasteiger partial charge is 0.251 e. The van der Waals surface area contributed by atoms with Crippen molar-refractivity contribution in [3.63, 3.8) is 0 Å². The minimum Gasteiger partial charge on any atom is -0.349 e. The molecule has 3 aromatic rings. The van der Waals surface area contributed by atoms with Crippen LogP contribution in [0.3, 0.4) is 0 Å². The molecule has 0 aliphatic rings. The molecule has 26 heavy (non-hydrogen) atoms. The van der Waals surface area contributed by atoms with Crippen LogP contribution in [0.4, 0.5) is 0 Å². The summed E-state index contributed by atoms with van der Waals surface area (Å²) in [4.78, 5) is 12.6. The summed E-state index contributed by atoms with van der Waals surface area (Å²) in [5.74, 6) is 0.0109. The van der Waals surface area contributed by atoms with Gasteiger partial charge in [-0.3, -0.25) is 4.79 Å². The maximum Gasteiger partial charge on any atom is 0.251 e. The predicted molar refractivity (Wildman–Crippen MR) is 107 cm³/mol. The lowest BCUT2D eigenvalue weighted by Gasteiger charge is -2.19. The van der Waals surface area contributed by atoms with Gasteiger partial charge in [-0.05, 0) is 48.9 Å². The zero-order valence-corrected chi connectivity index (χ0v) is 15.0. The first kappa shape index (κ1) is 17.9. The number of amides is 1. The van der Waals surface area contributed by atoms with Crippen LogP contribution < -0.4 is 5.32 Å². The number of carbonyl (C=O) groups excluding carboxylic acids is 1. The Bertz CT molecular complexity index is 741. The topological polar surface area (TPSA) is 29.1 Å². The van der Waals surface area contributed by atoms with Crippen LogP contribution in [0.25, 0.3) is 0 Å². The van der Waals surface area contributed by atoms with Crippen LogP contribution in [0.2, 0.25) is 0 Å². The summed E-state index contributed by atoms with van der Waals surface area (Å²) >= 11 is 0. The maximum atomic E-state index is 12.6. The molecule has 0 unspecified atom stereocenters. The van der Waals surface area contributed by atoms with Gasteiger partial charge in [-0.2, -0.15) is 0 Å². The van der Waals surface area contributed by atoms with E-state index in [-0.39, 0.29) is 11.9 Å². The van der Waals surface area contributed by atoms with E-state index in [2.05, 4.69) is 53.8 Å². The third-order valence-corrected chi connectivity index (χ3v) is 4.62. The van der Waals surface area contributed by atoms with Gasteiger partial charge >= 0.3 is 0 Å². The number of carbonyl (C=O) groups is 1. The normalized spacial score (nSPS) is 10.7. The molecule has 1 amide bonds. The monoisotopic (exact) mass is 343 g/mol. The summed E-state index contributed by atoms with van der Waals surface area (Å²) in [5.41, 5.74) is 3.34. The Morgan fingerprint density at radius 3 is 1.54 bits per heavy atom. The van der Waals surface area contributed by atoms with Crippen molar-refractivity contribution in [2.24, 2.45) is 0 Å². The van der Waals surface area contributed by atoms with Gasteiger partial charge in [-0.1, -0.05) is 78.9 Å². The molecule has 0 aliphatic carbocycles. The second-order valence-electron chi connectivity index (χ2n) is 6.58. The minimum absolute atomic E-state index is 0.0109. The largest absolute Gasteiger partial charge is 0.349 e. The van der Waals surface area contributed by atoms with Crippen molar-refractivity contribution in [1.82, 2.24) is 5.32 Å². The van der Waals surface area contributed by atoms with Gasteiger partial charge in [0.05, 0.1) is 0 Å². The van der Waals surface area contributed by atoms with Crippen molar-refractivity contribution >= 4 is 5.91 Å². The standard InChI is InChI=1S/C24H25NO/c26-24(22-14-8-3-9-15-22)25-23(18-16-20-10-4-1-5-11-20)19-17-21-12-6-2-7-13-21/h1-15,23H,16-19H2,(H,25,26). The summed E-state index contributed by atoms with van der Waals surface area (Å²) < 4.78 is 0. The highest BCUT2D eigenvalue weighted by Gasteiger charge is 2.14. The van der Waals surface area contributed by atoms with Crippen LogP contribution in [0.5, 0.6) is 0 Å². The van der Waals surface area contributed by atoms with Gasteiger partial charge in [0.1, 0.15) is 0 Å². The lowest BCUT2D eigenvalue weighted by Crippen LogP contribution is -2.35. The number of benzene rings is 3. The van der Waals surface area contributed by atoms with Crippen molar-refractivity contribution in [3.8, 4) is 0 Å². The van der Waals surface area contributed by atoms with Crippen molar-refractivity contribution in [3.05, 3.63) is 108 Å². The van der Waals surface area contributed by atoms with Crippen LogP contribution in [-0.4, -0.2) is 11.9 Å². The Hall–Kier alpha value is -2.87. The molecule has 0 aliphatic heterocycles. The van der Waals surface area contributed by atoms with Gasteiger partial charge in [0, 0.05) is 11.6 Å². The van der Waals surface area contributed by atoms with Gasteiger partial charge in [0.2, 0.25) is 0 Å². The summed E-state index contributed by atoms with van der Waals surface area (Å²) in [5, 5.41) is 3.23. The fourth-order valence-electron chi connectivity index (χ4n) is 3.12. The molecule has 0 radical (unpaired) electrons. The molecule has 1 N–H and O–H groups in total. The lowest BCUT2D eigenvalue weighted by molar-refractivity contribution is 0.0933. The maximum absolute atomic E-state index is 12.6. The van der Waals surface area contributed by atoms with E-state index in [1.165, 1.54) is 11.1 Å². The quantitative estimate of drug-likeness (QED) is 0.609. The number of hydrogen-bond acceptors (Lipinski definition) is 1. The van der Waals surface area contributed by atoms with Crippen molar-refractivity contribution in [1.29, 1.82) is 0 Å². The Morgan fingerprint density at radius 1 is 0.654 bits per heavy atom. The van der Waals surface area contributed by atoms with E-state index in [0.29, 0.717) is 0 Å². The predicted octanol–water partition coefficient (Wildman–Crippen LogP) is 5.05. The van der Waals surface area contributed by atoms with E-state index >= 15 is 0 Å². The molecule has 0 bridgehead atoms. The van der Waals surface area contributed by atoms with E-state index in [4.69, 9.17) is 0 Å². The lowest BCUT2D eigenvalue weighted by atomic mass is 9.98. The fourth-order valence-corrected chi connectivity index (χ4v) is 3.12. The molecule has 0 fully saturated rings. The van der Waals surface area contributed by atoms with Gasteiger partial charge in [0.15, 0.2) is 0 Å². The summed E-state index contributed by atoms with van der Waals surface area (Å²) in [6.45, 7) is 0. The van der Waals surface area contributed by atoms with Crippen molar-refractivity contribution in [2.75, 3.05) is 0 Å². The number of aryl methyl sites for hydroxylation is 2. The van der Waals surface area contributed by atoms with Crippen LogP contribution in [-0.2, 0) is 12.8 Å². The molecule has 0 heterocycles. The molecular weight excluding hydrogens is 318 g/mol. The number of nitrogens with one attached hydrogen (secondary N) is 1. The zero-order chi connectivity index (χ0) is 18.0. The highest BCUT2D eigenvalue weighted by Crippen LogP contribution is 2.12. The van der Waals surface area contributed by atoms with E-state index in [9.17, 15) is 4.79 Å². The second-order valence-corrected chi connectivity index (χ2v) is 6.58. The minimum atomic E-state index is 0.0109. The van der Waals surface area contributed by atoms with Gasteiger partial charge in [0.25, 0.3) is 5.91 Å². The average Bonchev–Trinajstić information content (AvgIpc) is 2.72. The van der Waals surface area contributed by atoms with Gasteiger partial charge < -0.3 is 5.32 Å². The molecule has 3 aromatic carbocycles. The molecular formula is C24H25NO. The molecule has 2 nitrogen and oxygen atoms in total. The molecule has 0 saturated carbocycles. The van der Waals surface area contributed by atoms with Crippen LogP contribution in [0.1, 0.15) is 34.3 Å². The van der Waals surface area contributed by atoms with Gasteiger partial charge in [-0.15, -0.1) is 0 Å². The van der Waals surface area contributed by atoms with Gasteiger partial charge in [-0.25, -0.2) is 0 Å². The van der Waals surface area contributed by atoms with E-state index in [1.807, 2.05) is 42.5 Å². The van der Waals surface area contributed by atoms with Crippen LogP contribution in [0.15, 0.2) is 91.0 Å². The van der Waals surface area contributed by atoms with Crippen molar-refractivity contribution < 1.29 is 4.79 Å². The SMILES string of the molecule is O=C(NC(CCc1ccccc1)CCc1ccccc1)c1ccccc1. The van der Waals surface area contributed by atoms with E-state index < -0.39 is 0 Å². The average molecular weight is 343 g/mol. The number of rotatable bonds is 8. The molecule has 2 heteroatoms. The Labute approximate surface area is 155 Å². The van der Waals surface area contributed by atoms with Crippen LogP contribution in [0, 0.1) is 0 Å². The molecule has 0 saturated heterocycles. The molecule has 132 valence electrons. The molecule has 0 atom stereocenters. The fraction of sp³-hybridized carbons (Fsp3) is 0.208. The Morgan fingerprint density at radius 2 is 1.08 bits per heavy atom. The van der Waals surface area contributed by atoms with E-state index in [1.54, 1.807) is 0 Å². The first-order valence-electron chi connectivity index (χ1n) is 9.25. The molecule has 3 rings (SSSR count). The second kappa shape index (κ2) is 9.57. The first-order chi connectivity index (χ1) is 12.8.